The number of H-pyrrole nitrogens is 1. The lowest BCUT2D eigenvalue weighted by Gasteiger charge is -2.44. The lowest BCUT2D eigenvalue weighted by Crippen LogP contribution is -2.32. The molecular formula is C16H19FN4O3S. The summed E-state index contributed by atoms with van der Waals surface area (Å²) in [7, 11) is -2.49. The molecule has 134 valence electrons. The quantitative estimate of drug-likeness (QED) is 0.558. The van der Waals surface area contributed by atoms with Crippen molar-refractivity contribution in [1.82, 2.24) is 14.6 Å². The molecule has 0 saturated carbocycles. The minimum atomic E-state index is -2.49. The first-order valence-corrected chi connectivity index (χ1v) is 9.82. The molecule has 3 heterocycles. The fraction of sp³-hybridized carbons (Fsp3) is 0.375. The van der Waals surface area contributed by atoms with Crippen LogP contribution in [0.3, 0.4) is 0 Å². The minimum Gasteiger partial charge on any atom is -0.366 e. The van der Waals surface area contributed by atoms with Crippen LogP contribution in [0, 0.1) is 5.82 Å². The Hall–Kier alpha value is -2.10. The summed E-state index contributed by atoms with van der Waals surface area (Å²) < 4.78 is 35.1. The number of hydrogen-bond acceptors (Lipinski definition) is 4. The third kappa shape index (κ3) is 2.50. The number of carbonyl (C=O) groups is 1. The number of hydrogen-bond donors (Lipinski definition) is 4. The van der Waals surface area contributed by atoms with Crippen LogP contribution >= 0.6 is 10.6 Å². The molecule has 1 aliphatic heterocycles. The number of aromatic nitrogens is 3. The summed E-state index contributed by atoms with van der Waals surface area (Å²) in [4.78, 5) is 14.8. The van der Waals surface area contributed by atoms with Gasteiger partial charge in [-0.05, 0) is 25.0 Å². The van der Waals surface area contributed by atoms with E-state index in [1.54, 1.807) is 10.7 Å². The minimum absolute atomic E-state index is 0.0684. The summed E-state index contributed by atoms with van der Waals surface area (Å²) in [6, 6.07) is 2.41. The highest BCUT2D eigenvalue weighted by atomic mass is 32.3. The number of nitrogens with one attached hydrogen (secondary N) is 1. The van der Waals surface area contributed by atoms with Crippen LogP contribution in [0.5, 0.6) is 0 Å². The van der Waals surface area contributed by atoms with E-state index in [1.807, 2.05) is 0 Å². The highest BCUT2D eigenvalue weighted by Gasteiger charge is 2.37. The summed E-state index contributed by atoms with van der Waals surface area (Å²) in [6.45, 7) is 2.06. The van der Waals surface area contributed by atoms with Crippen molar-refractivity contribution in [3.05, 3.63) is 35.3 Å². The van der Waals surface area contributed by atoms with Gasteiger partial charge in [0.2, 0.25) is 0 Å². The lowest BCUT2D eigenvalue weighted by atomic mass is 9.79. The normalized spacial score (nSPS) is 20.8. The zero-order valence-corrected chi connectivity index (χ0v) is 14.4. The predicted molar refractivity (Wildman–Crippen MR) is 94.7 cm³/mol. The van der Waals surface area contributed by atoms with E-state index in [0.29, 0.717) is 41.0 Å². The number of fused-ring (bicyclic) bond motifs is 3. The molecule has 9 heteroatoms. The number of benzene rings is 1. The standard InChI is InChI=1S/C16H19FN4O3S/c1-16(2-4-25(23,24)5-3-16)11-8-19-21-13-10(14(18)22)6-9(17)7-12(13)20-15(11)21/h6-8,20,23-24H,2-5H2,1H3,(H2,18,22). The number of halogens is 1. The molecule has 1 fully saturated rings. The molecular weight excluding hydrogens is 347 g/mol. The monoisotopic (exact) mass is 366 g/mol. The molecule has 3 aromatic rings. The third-order valence-corrected chi connectivity index (χ3v) is 6.90. The molecule has 1 amide bonds. The summed E-state index contributed by atoms with van der Waals surface area (Å²) in [6.07, 6.45) is 2.95. The van der Waals surface area contributed by atoms with E-state index in [2.05, 4.69) is 17.0 Å². The number of carbonyl (C=O) groups excluding carboxylic acids is 1. The van der Waals surface area contributed by atoms with Crippen molar-refractivity contribution in [2.45, 2.75) is 25.2 Å². The maximum atomic E-state index is 13.8. The van der Waals surface area contributed by atoms with Crippen LogP contribution in [-0.4, -0.2) is 41.1 Å². The van der Waals surface area contributed by atoms with Crippen molar-refractivity contribution in [2.75, 3.05) is 11.5 Å². The van der Waals surface area contributed by atoms with Crippen LogP contribution in [-0.2, 0) is 5.41 Å². The second-order valence-electron chi connectivity index (χ2n) is 6.93. The number of aromatic amines is 1. The molecule has 0 bridgehead atoms. The first-order chi connectivity index (χ1) is 11.7. The van der Waals surface area contributed by atoms with Crippen molar-refractivity contribution in [1.29, 1.82) is 0 Å². The van der Waals surface area contributed by atoms with Gasteiger partial charge in [-0.3, -0.25) is 13.9 Å². The van der Waals surface area contributed by atoms with E-state index in [4.69, 9.17) is 5.73 Å². The van der Waals surface area contributed by atoms with Gasteiger partial charge >= 0.3 is 0 Å². The number of nitrogens with zero attached hydrogens (tertiary/aromatic N) is 2. The van der Waals surface area contributed by atoms with Crippen LogP contribution in [0.2, 0.25) is 0 Å². The Morgan fingerprint density at radius 3 is 2.72 bits per heavy atom. The molecule has 0 spiro atoms. The zero-order valence-electron chi connectivity index (χ0n) is 13.6. The first kappa shape index (κ1) is 16.4. The number of amides is 1. The third-order valence-electron chi connectivity index (χ3n) is 5.19. The van der Waals surface area contributed by atoms with Crippen LogP contribution in [0.25, 0.3) is 16.7 Å². The number of imidazole rings is 1. The van der Waals surface area contributed by atoms with Gasteiger partial charge in [-0.25, -0.2) is 8.91 Å². The molecule has 4 rings (SSSR count). The molecule has 2 aromatic heterocycles. The molecule has 0 aliphatic carbocycles. The van der Waals surface area contributed by atoms with Gasteiger partial charge in [0, 0.05) is 22.5 Å². The van der Waals surface area contributed by atoms with Crippen molar-refractivity contribution in [3.63, 3.8) is 0 Å². The second-order valence-corrected chi connectivity index (χ2v) is 9.35. The average molecular weight is 366 g/mol. The summed E-state index contributed by atoms with van der Waals surface area (Å²) >= 11 is 0. The van der Waals surface area contributed by atoms with E-state index in [9.17, 15) is 18.3 Å². The average Bonchev–Trinajstić information content (AvgIpc) is 3.08. The fourth-order valence-corrected chi connectivity index (χ4v) is 5.35. The van der Waals surface area contributed by atoms with E-state index in [0.717, 1.165) is 11.6 Å². The Morgan fingerprint density at radius 1 is 1.40 bits per heavy atom. The molecule has 25 heavy (non-hydrogen) atoms. The molecule has 1 aromatic carbocycles. The number of primary amides is 1. The highest BCUT2D eigenvalue weighted by Crippen LogP contribution is 2.51. The molecule has 0 radical (unpaired) electrons. The Morgan fingerprint density at radius 2 is 2.08 bits per heavy atom. The molecule has 0 atom stereocenters. The Labute approximate surface area is 144 Å². The fourth-order valence-electron chi connectivity index (χ4n) is 3.59. The highest BCUT2D eigenvalue weighted by molar-refractivity contribution is 8.24. The second kappa shape index (κ2) is 5.20. The molecule has 1 saturated heterocycles. The van der Waals surface area contributed by atoms with Gasteiger partial charge in [-0.2, -0.15) is 15.7 Å². The van der Waals surface area contributed by atoms with Crippen LogP contribution in [0.4, 0.5) is 4.39 Å². The van der Waals surface area contributed by atoms with Gasteiger partial charge in [0.05, 0.1) is 17.3 Å². The SMILES string of the molecule is CC1(c2cnn3c2[nH]c2cc(F)cc(C(N)=O)c23)CCS(O)(O)CC1. The van der Waals surface area contributed by atoms with Crippen molar-refractivity contribution < 1.29 is 18.3 Å². The van der Waals surface area contributed by atoms with Crippen LogP contribution < -0.4 is 5.73 Å². The maximum Gasteiger partial charge on any atom is 0.251 e. The van der Waals surface area contributed by atoms with Gasteiger partial charge in [0.1, 0.15) is 17.0 Å². The van der Waals surface area contributed by atoms with Crippen molar-refractivity contribution >= 4 is 33.2 Å². The topological polar surface area (TPSA) is 117 Å². The molecule has 5 N–H and O–H groups in total. The summed E-state index contributed by atoms with van der Waals surface area (Å²) in [5.41, 5.74) is 7.65. The van der Waals surface area contributed by atoms with E-state index < -0.39 is 22.3 Å². The van der Waals surface area contributed by atoms with E-state index in [1.165, 1.54) is 6.07 Å². The van der Waals surface area contributed by atoms with Crippen molar-refractivity contribution in [3.8, 4) is 0 Å². The van der Waals surface area contributed by atoms with Gasteiger partial charge in [0.15, 0.2) is 0 Å². The zero-order chi connectivity index (χ0) is 18.0. The Balaban J connectivity index is 1.91. The Kier molecular flexibility index (Phi) is 3.40. The largest absolute Gasteiger partial charge is 0.366 e. The smallest absolute Gasteiger partial charge is 0.251 e. The van der Waals surface area contributed by atoms with Gasteiger partial charge < -0.3 is 10.7 Å². The Bertz CT molecular complexity index is 1000. The van der Waals surface area contributed by atoms with Gasteiger partial charge in [-0.1, -0.05) is 6.92 Å². The van der Waals surface area contributed by atoms with Gasteiger partial charge in [-0.15, -0.1) is 0 Å². The van der Waals surface area contributed by atoms with E-state index >= 15 is 0 Å². The van der Waals surface area contributed by atoms with Crippen LogP contribution in [0.15, 0.2) is 18.3 Å². The lowest BCUT2D eigenvalue weighted by molar-refractivity contribution is 0.100. The summed E-state index contributed by atoms with van der Waals surface area (Å²) in [5, 5.41) is 4.37. The van der Waals surface area contributed by atoms with Gasteiger partial charge in [0.25, 0.3) is 5.91 Å². The van der Waals surface area contributed by atoms with Crippen molar-refractivity contribution in [2.24, 2.45) is 5.73 Å². The molecule has 0 unspecified atom stereocenters. The maximum absolute atomic E-state index is 13.8. The van der Waals surface area contributed by atoms with Crippen LogP contribution in [0.1, 0.15) is 35.7 Å². The summed E-state index contributed by atoms with van der Waals surface area (Å²) in [5.74, 6) is -0.574. The molecule has 7 nitrogen and oxygen atoms in total. The van der Waals surface area contributed by atoms with E-state index in [-0.39, 0.29) is 11.0 Å². The first-order valence-electron chi connectivity index (χ1n) is 7.93. The number of rotatable bonds is 2. The number of nitrogens with two attached hydrogens (primary N) is 1. The molecule has 1 aliphatic rings. The predicted octanol–water partition coefficient (Wildman–Crippen LogP) is 2.86.